The molecule has 1 amide bonds. The number of nitrogens with zero attached hydrogens (tertiary/aromatic N) is 3. The number of aromatic amines is 1. The molecule has 4 aromatic rings. The fourth-order valence-electron chi connectivity index (χ4n) is 3.82. The first-order chi connectivity index (χ1) is 15.1. The predicted octanol–water partition coefficient (Wildman–Crippen LogP) is 4.24. The van der Waals surface area contributed by atoms with E-state index in [4.69, 9.17) is 0 Å². The van der Waals surface area contributed by atoms with Crippen LogP contribution >= 0.6 is 0 Å². The molecular formula is C25H23N5O. The van der Waals surface area contributed by atoms with Crippen LogP contribution in [0.5, 0.6) is 0 Å². The zero-order chi connectivity index (χ0) is 21.8. The molecule has 0 radical (unpaired) electrons. The quantitative estimate of drug-likeness (QED) is 0.369. The fourth-order valence-corrected chi connectivity index (χ4v) is 3.82. The van der Waals surface area contributed by atoms with Crippen LogP contribution in [0.4, 0.5) is 0 Å². The second kappa shape index (κ2) is 8.72. The SMILES string of the molecule is Cc1cc(/C=C(/C#N)C(=O)NCCc2c[nH]c3ccccc23)c(C)n1-c1ccccn1. The number of hydrogen-bond acceptors (Lipinski definition) is 3. The molecule has 0 atom stereocenters. The molecule has 1 aromatic carbocycles. The Morgan fingerprint density at radius 3 is 2.81 bits per heavy atom. The highest BCUT2D eigenvalue weighted by molar-refractivity contribution is 6.01. The van der Waals surface area contributed by atoms with Crippen LogP contribution in [-0.2, 0) is 11.2 Å². The van der Waals surface area contributed by atoms with E-state index < -0.39 is 0 Å². The number of nitriles is 1. The van der Waals surface area contributed by atoms with Gasteiger partial charge in [-0.25, -0.2) is 4.98 Å². The minimum atomic E-state index is -0.370. The normalized spacial score (nSPS) is 11.5. The van der Waals surface area contributed by atoms with Crippen LogP contribution in [0.25, 0.3) is 22.8 Å². The molecule has 0 saturated heterocycles. The number of hydrogen-bond donors (Lipinski definition) is 2. The number of aryl methyl sites for hydroxylation is 1. The molecule has 31 heavy (non-hydrogen) atoms. The number of aromatic nitrogens is 3. The number of benzene rings is 1. The molecule has 6 heteroatoms. The van der Waals surface area contributed by atoms with E-state index in [1.165, 1.54) is 0 Å². The molecule has 2 N–H and O–H groups in total. The van der Waals surface area contributed by atoms with E-state index in [1.807, 2.05) is 73.1 Å². The number of fused-ring (bicyclic) bond motifs is 1. The minimum absolute atomic E-state index is 0.0835. The number of nitrogens with one attached hydrogen (secondary N) is 2. The van der Waals surface area contributed by atoms with E-state index in [1.54, 1.807) is 12.3 Å². The lowest BCUT2D eigenvalue weighted by molar-refractivity contribution is -0.117. The van der Waals surface area contributed by atoms with Crippen LogP contribution in [0.1, 0.15) is 22.5 Å². The summed E-state index contributed by atoms with van der Waals surface area (Å²) in [5, 5.41) is 13.6. The zero-order valence-electron chi connectivity index (χ0n) is 17.5. The molecule has 0 aliphatic carbocycles. The van der Waals surface area contributed by atoms with Gasteiger partial charge in [-0.15, -0.1) is 0 Å². The third kappa shape index (κ3) is 4.12. The summed E-state index contributed by atoms with van der Waals surface area (Å²) < 4.78 is 2.01. The van der Waals surface area contributed by atoms with E-state index in [-0.39, 0.29) is 11.5 Å². The standard InChI is InChI=1S/C25H23N5O/c1-17-13-20(18(2)30(17)24-9-5-6-11-27-24)14-21(15-26)25(31)28-12-10-19-16-29-23-8-4-3-7-22(19)23/h3-9,11,13-14,16,29H,10,12H2,1-2H3,(H,28,31)/b21-14-. The number of carbonyl (C=O) groups is 1. The maximum atomic E-state index is 12.6. The van der Waals surface area contributed by atoms with Gasteiger partial charge in [0.15, 0.2) is 0 Å². The molecule has 3 aromatic heterocycles. The molecule has 3 heterocycles. The van der Waals surface area contributed by atoms with Gasteiger partial charge in [0.2, 0.25) is 0 Å². The summed E-state index contributed by atoms with van der Waals surface area (Å²) in [6.45, 7) is 4.39. The van der Waals surface area contributed by atoms with Gasteiger partial charge >= 0.3 is 0 Å². The maximum absolute atomic E-state index is 12.6. The smallest absolute Gasteiger partial charge is 0.261 e. The Labute approximate surface area is 180 Å². The molecule has 6 nitrogen and oxygen atoms in total. The molecule has 0 aliphatic heterocycles. The van der Waals surface area contributed by atoms with Crippen LogP contribution < -0.4 is 5.32 Å². The Kier molecular flexibility index (Phi) is 5.67. The Morgan fingerprint density at radius 1 is 1.23 bits per heavy atom. The van der Waals surface area contributed by atoms with E-state index in [2.05, 4.69) is 21.4 Å². The number of pyridine rings is 1. The van der Waals surface area contributed by atoms with Crippen molar-refractivity contribution in [2.75, 3.05) is 6.54 Å². The van der Waals surface area contributed by atoms with Crippen molar-refractivity contribution in [3.05, 3.63) is 89.0 Å². The number of rotatable bonds is 6. The highest BCUT2D eigenvalue weighted by Gasteiger charge is 2.14. The molecule has 0 saturated carbocycles. The topological polar surface area (TPSA) is 86.5 Å². The molecular weight excluding hydrogens is 386 g/mol. The van der Waals surface area contributed by atoms with Gasteiger partial charge in [0.05, 0.1) is 0 Å². The van der Waals surface area contributed by atoms with Crippen LogP contribution in [0, 0.1) is 25.2 Å². The second-order valence-electron chi connectivity index (χ2n) is 7.39. The first kappa shape index (κ1) is 20.2. The number of H-pyrrole nitrogens is 1. The Balaban J connectivity index is 1.48. The third-order valence-corrected chi connectivity index (χ3v) is 5.37. The Morgan fingerprint density at radius 2 is 2.03 bits per heavy atom. The molecule has 0 aliphatic rings. The van der Waals surface area contributed by atoms with Crippen molar-refractivity contribution in [2.24, 2.45) is 0 Å². The van der Waals surface area contributed by atoms with Crippen molar-refractivity contribution in [1.29, 1.82) is 5.26 Å². The molecule has 0 fully saturated rings. The molecule has 0 spiro atoms. The first-order valence-corrected chi connectivity index (χ1v) is 10.1. The summed E-state index contributed by atoms with van der Waals surface area (Å²) in [6, 6.07) is 17.8. The number of para-hydroxylation sites is 1. The highest BCUT2D eigenvalue weighted by atomic mass is 16.1. The first-order valence-electron chi connectivity index (χ1n) is 10.1. The van der Waals surface area contributed by atoms with Gasteiger partial charge < -0.3 is 14.9 Å². The van der Waals surface area contributed by atoms with E-state index in [0.717, 1.165) is 39.2 Å². The summed E-state index contributed by atoms with van der Waals surface area (Å²) in [7, 11) is 0. The summed E-state index contributed by atoms with van der Waals surface area (Å²) in [5.74, 6) is 0.434. The predicted molar refractivity (Wildman–Crippen MR) is 122 cm³/mol. The second-order valence-corrected chi connectivity index (χ2v) is 7.39. The average molecular weight is 409 g/mol. The lowest BCUT2D eigenvalue weighted by Gasteiger charge is -2.08. The summed E-state index contributed by atoms with van der Waals surface area (Å²) in [6.07, 6.45) is 6.03. The van der Waals surface area contributed by atoms with Crippen LogP contribution in [0.2, 0.25) is 0 Å². The lowest BCUT2D eigenvalue weighted by Crippen LogP contribution is -2.26. The largest absolute Gasteiger partial charge is 0.361 e. The van der Waals surface area contributed by atoms with Gasteiger partial charge in [0, 0.05) is 41.2 Å². The van der Waals surface area contributed by atoms with E-state index in [9.17, 15) is 10.1 Å². The molecule has 0 unspecified atom stereocenters. The van der Waals surface area contributed by atoms with Gasteiger partial charge in [0.25, 0.3) is 5.91 Å². The van der Waals surface area contributed by atoms with Crippen molar-refractivity contribution in [1.82, 2.24) is 19.9 Å². The maximum Gasteiger partial charge on any atom is 0.261 e. The molecule has 4 rings (SSSR count). The van der Waals surface area contributed by atoms with Crippen LogP contribution in [0.15, 0.2) is 66.5 Å². The van der Waals surface area contributed by atoms with Crippen molar-refractivity contribution >= 4 is 22.9 Å². The number of carbonyl (C=O) groups excluding carboxylic acids is 1. The summed E-state index contributed by atoms with van der Waals surface area (Å²) >= 11 is 0. The lowest BCUT2D eigenvalue weighted by atomic mass is 10.1. The van der Waals surface area contributed by atoms with Crippen molar-refractivity contribution in [3.8, 4) is 11.9 Å². The fraction of sp³-hybridized carbons (Fsp3) is 0.160. The average Bonchev–Trinajstić information content (AvgIpc) is 3.32. The summed E-state index contributed by atoms with van der Waals surface area (Å²) in [4.78, 5) is 20.3. The zero-order valence-corrected chi connectivity index (χ0v) is 17.5. The van der Waals surface area contributed by atoms with Gasteiger partial charge in [-0.3, -0.25) is 4.79 Å². The van der Waals surface area contributed by atoms with Gasteiger partial charge in [-0.05, 0) is 61.7 Å². The van der Waals surface area contributed by atoms with E-state index >= 15 is 0 Å². The summed E-state index contributed by atoms with van der Waals surface area (Å²) in [5.41, 5.74) is 5.03. The third-order valence-electron chi connectivity index (χ3n) is 5.37. The van der Waals surface area contributed by atoms with Gasteiger partial charge in [-0.2, -0.15) is 5.26 Å². The molecule has 0 bridgehead atoms. The monoisotopic (exact) mass is 409 g/mol. The van der Waals surface area contributed by atoms with E-state index in [0.29, 0.717) is 13.0 Å². The minimum Gasteiger partial charge on any atom is -0.361 e. The van der Waals surface area contributed by atoms with Gasteiger partial charge in [0.1, 0.15) is 17.5 Å². The Bertz CT molecular complexity index is 1300. The van der Waals surface area contributed by atoms with Crippen LogP contribution in [0.3, 0.4) is 0 Å². The van der Waals surface area contributed by atoms with Crippen molar-refractivity contribution < 1.29 is 4.79 Å². The number of amides is 1. The van der Waals surface area contributed by atoms with Crippen molar-refractivity contribution in [3.63, 3.8) is 0 Å². The molecule has 154 valence electrons. The highest BCUT2D eigenvalue weighted by Crippen LogP contribution is 2.22. The Hall–Kier alpha value is -4.11. The van der Waals surface area contributed by atoms with Crippen molar-refractivity contribution in [2.45, 2.75) is 20.3 Å². The van der Waals surface area contributed by atoms with Crippen LogP contribution in [-0.4, -0.2) is 27.0 Å². The van der Waals surface area contributed by atoms with Gasteiger partial charge in [-0.1, -0.05) is 24.3 Å².